The third kappa shape index (κ3) is 2.81. The average Bonchev–Trinajstić information content (AvgIpc) is 3.19. The molecule has 2 fully saturated rings. The molecule has 0 aromatic heterocycles. The predicted octanol–water partition coefficient (Wildman–Crippen LogP) is 1.24. The minimum Gasteiger partial charge on any atom is -0.422 e. The summed E-state index contributed by atoms with van der Waals surface area (Å²) in [4.78, 5) is 13.3. The number of alkyl halides is 3. The van der Waals surface area contributed by atoms with E-state index >= 15 is 0 Å². The number of thioether (sulfide) groups is 1. The van der Waals surface area contributed by atoms with Crippen LogP contribution in [0.3, 0.4) is 0 Å². The highest BCUT2D eigenvalue weighted by atomic mass is 32.2. The van der Waals surface area contributed by atoms with Crippen LogP contribution in [0, 0.1) is 5.92 Å². The van der Waals surface area contributed by atoms with Crippen molar-refractivity contribution in [3.8, 4) is 0 Å². The quantitative estimate of drug-likeness (QED) is 0.756. The van der Waals surface area contributed by atoms with Crippen molar-refractivity contribution in [3.63, 3.8) is 0 Å². The van der Waals surface area contributed by atoms with E-state index in [-0.39, 0.29) is 12.0 Å². The topological polar surface area (TPSA) is 53.6 Å². The zero-order valence-corrected chi connectivity index (χ0v) is 12.7. The number of nitrogens with zero attached hydrogens (tertiary/aromatic N) is 1. The largest absolute Gasteiger partial charge is 0.491 e. The fourth-order valence-electron chi connectivity index (χ4n) is 3.24. The Morgan fingerprint density at radius 1 is 1.27 bits per heavy atom. The molecule has 0 amide bonds. The van der Waals surface area contributed by atoms with Crippen LogP contribution in [-0.2, 0) is 9.53 Å². The molecule has 3 heterocycles. The first-order valence-corrected chi connectivity index (χ1v) is 8.16. The Morgan fingerprint density at radius 3 is 2.59 bits per heavy atom. The molecule has 9 heteroatoms. The van der Waals surface area contributed by atoms with Gasteiger partial charge in [-0.3, -0.25) is 0 Å². The minimum atomic E-state index is -4.98. The van der Waals surface area contributed by atoms with Gasteiger partial charge in [0, 0.05) is 31.2 Å². The lowest BCUT2D eigenvalue weighted by molar-refractivity contribution is -0.220. The van der Waals surface area contributed by atoms with Crippen molar-refractivity contribution in [2.75, 3.05) is 26.2 Å². The zero-order valence-electron chi connectivity index (χ0n) is 11.9. The molecular formula is C13H18F3N3O2S. The lowest BCUT2D eigenvalue weighted by Crippen LogP contribution is -2.56. The maximum absolute atomic E-state index is 12.7. The van der Waals surface area contributed by atoms with Crippen LogP contribution in [0.4, 0.5) is 13.2 Å². The Morgan fingerprint density at radius 2 is 2.00 bits per heavy atom. The lowest BCUT2D eigenvalue weighted by atomic mass is 10.0. The SMILES string of the molecule is O=C(OC1(C2CCNC2)SC=CN1C1CCNC1)C(F)(F)F. The van der Waals surface area contributed by atoms with E-state index in [1.807, 2.05) is 0 Å². The summed E-state index contributed by atoms with van der Waals surface area (Å²) >= 11 is 1.16. The molecule has 3 aliphatic heterocycles. The number of halogens is 3. The molecule has 2 N–H and O–H groups in total. The predicted molar refractivity (Wildman–Crippen MR) is 75.7 cm³/mol. The highest BCUT2D eigenvalue weighted by Crippen LogP contribution is 2.48. The fraction of sp³-hybridized carbons (Fsp3) is 0.769. The van der Waals surface area contributed by atoms with Gasteiger partial charge in [0.25, 0.3) is 0 Å². The molecule has 0 aromatic rings. The van der Waals surface area contributed by atoms with Gasteiger partial charge in [-0.05, 0) is 31.3 Å². The molecule has 0 bridgehead atoms. The summed E-state index contributed by atoms with van der Waals surface area (Å²) in [5.74, 6) is -2.30. The van der Waals surface area contributed by atoms with Gasteiger partial charge in [-0.2, -0.15) is 13.2 Å². The van der Waals surface area contributed by atoms with E-state index in [9.17, 15) is 18.0 Å². The number of hydrogen-bond donors (Lipinski definition) is 2. The molecule has 22 heavy (non-hydrogen) atoms. The van der Waals surface area contributed by atoms with Gasteiger partial charge < -0.3 is 20.3 Å². The molecule has 3 unspecified atom stereocenters. The number of carbonyl (C=O) groups excluding carboxylic acids is 1. The van der Waals surface area contributed by atoms with Gasteiger partial charge in [0.15, 0.2) is 0 Å². The van der Waals surface area contributed by atoms with E-state index in [1.165, 1.54) is 0 Å². The Labute approximate surface area is 130 Å². The summed E-state index contributed by atoms with van der Waals surface area (Å²) in [6.45, 7) is 2.74. The molecule has 2 saturated heterocycles. The Bertz CT molecular complexity index is 462. The third-order valence-corrected chi connectivity index (χ3v) is 5.52. The van der Waals surface area contributed by atoms with E-state index < -0.39 is 17.2 Å². The Hall–Kier alpha value is -0.930. The summed E-state index contributed by atoms with van der Waals surface area (Å²) in [5, 5.41) is 6.76. The van der Waals surface area contributed by atoms with Gasteiger partial charge in [0.2, 0.25) is 5.06 Å². The summed E-state index contributed by atoms with van der Waals surface area (Å²) in [7, 11) is 0. The first-order valence-electron chi connectivity index (χ1n) is 7.28. The van der Waals surface area contributed by atoms with Gasteiger partial charge in [-0.25, -0.2) is 4.79 Å². The van der Waals surface area contributed by atoms with E-state index in [1.54, 1.807) is 16.5 Å². The van der Waals surface area contributed by atoms with Crippen molar-refractivity contribution in [2.24, 2.45) is 5.92 Å². The Kier molecular flexibility index (Phi) is 4.30. The second-order valence-corrected chi connectivity index (χ2v) is 6.76. The van der Waals surface area contributed by atoms with E-state index in [4.69, 9.17) is 4.74 Å². The molecule has 0 aliphatic carbocycles. The lowest BCUT2D eigenvalue weighted by Gasteiger charge is -2.44. The molecule has 5 nitrogen and oxygen atoms in total. The highest BCUT2D eigenvalue weighted by molar-refractivity contribution is 8.03. The van der Waals surface area contributed by atoms with Crippen molar-refractivity contribution in [1.29, 1.82) is 0 Å². The minimum absolute atomic E-state index is 0.0351. The van der Waals surface area contributed by atoms with Crippen LogP contribution < -0.4 is 10.6 Å². The highest BCUT2D eigenvalue weighted by Gasteiger charge is 2.56. The van der Waals surface area contributed by atoms with Crippen LogP contribution in [0.1, 0.15) is 12.8 Å². The maximum Gasteiger partial charge on any atom is 0.491 e. The van der Waals surface area contributed by atoms with Crippen molar-refractivity contribution in [1.82, 2.24) is 15.5 Å². The van der Waals surface area contributed by atoms with Gasteiger partial charge in [0.1, 0.15) is 0 Å². The monoisotopic (exact) mass is 337 g/mol. The number of carbonyl (C=O) groups is 1. The van der Waals surface area contributed by atoms with Gasteiger partial charge in [0.05, 0.1) is 0 Å². The van der Waals surface area contributed by atoms with Crippen molar-refractivity contribution in [3.05, 3.63) is 11.6 Å². The molecule has 0 saturated carbocycles. The number of hydrogen-bond acceptors (Lipinski definition) is 6. The van der Waals surface area contributed by atoms with Gasteiger partial charge >= 0.3 is 12.1 Å². The molecule has 0 radical (unpaired) electrons. The van der Waals surface area contributed by atoms with Crippen molar-refractivity contribution < 1.29 is 22.7 Å². The average molecular weight is 337 g/mol. The normalized spacial score (nSPS) is 35.3. The first kappa shape index (κ1) is 15.9. The molecule has 3 atom stereocenters. The number of nitrogens with one attached hydrogen (secondary N) is 2. The van der Waals surface area contributed by atoms with Crippen LogP contribution in [0.2, 0.25) is 0 Å². The van der Waals surface area contributed by atoms with Crippen LogP contribution in [0.5, 0.6) is 0 Å². The fourth-order valence-corrected chi connectivity index (χ4v) is 4.47. The standard InChI is InChI=1S/C13H18F3N3O2S/c14-12(15,16)11(20)21-13(9-1-3-17-7-9)19(5-6-22-13)10-2-4-18-8-10/h5-6,9-10,17-18H,1-4,7-8H2. The number of rotatable bonds is 3. The molecular weight excluding hydrogens is 319 g/mol. The molecule has 0 aromatic carbocycles. The van der Waals surface area contributed by atoms with E-state index in [0.717, 1.165) is 24.7 Å². The number of esters is 1. The zero-order chi connectivity index (χ0) is 15.8. The van der Waals surface area contributed by atoms with Crippen molar-refractivity contribution in [2.45, 2.75) is 30.1 Å². The third-order valence-electron chi connectivity index (χ3n) is 4.29. The number of ether oxygens (including phenoxy) is 1. The van der Waals surface area contributed by atoms with Gasteiger partial charge in [-0.15, -0.1) is 0 Å². The smallest absolute Gasteiger partial charge is 0.422 e. The van der Waals surface area contributed by atoms with Crippen LogP contribution in [0.15, 0.2) is 11.6 Å². The van der Waals surface area contributed by atoms with Crippen molar-refractivity contribution >= 4 is 17.7 Å². The maximum atomic E-state index is 12.7. The summed E-state index contributed by atoms with van der Waals surface area (Å²) in [6.07, 6.45) is -1.74. The van der Waals surface area contributed by atoms with Crippen LogP contribution in [-0.4, -0.2) is 54.3 Å². The van der Waals surface area contributed by atoms with Crippen LogP contribution in [0.25, 0.3) is 0 Å². The van der Waals surface area contributed by atoms with Gasteiger partial charge in [-0.1, -0.05) is 11.8 Å². The van der Waals surface area contributed by atoms with Crippen LogP contribution >= 0.6 is 11.8 Å². The molecule has 124 valence electrons. The Balaban J connectivity index is 1.87. The molecule has 0 spiro atoms. The molecule has 3 aliphatic rings. The van der Waals surface area contributed by atoms with E-state index in [2.05, 4.69) is 10.6 Å². The summed E-state index contributed by atoms with van der Waals surface area (Å²) in [5.41, 5.74) is 0. The second-order valence-electron chi connectivity index (χ2n) is 5.66. The summed E-state index contributed by atoms with van der Waals surface area (Å²) < 4.78 is 43.2. The molecule has 3 rings (SSSR count). The first-order chi connectivity index (χ1) is 10.4. The second kappa shape index (κ2) is 5.93. The summed E-state index contributed by atoms with van der Waals surface area (Å²) in [6, 6.07) is 0.0351. The van der Waals surface area contributed by atoms with E-state index in [0.29, 0.717) is 26.1 Å².